The van der Waals surface area contributed by atoms with Gasteiger partial charge in [0.15, 0.2) is 0 Å². The minimum atomic E-state index is -0.0870. The van der Waals surface area contributed by atoms with Crippen LogP contribution in [0, 0.1) is 0 Å². The molecule has 3 heterocycles. The minimum Gasteiger partial charge on any atom is -0.348 e. The quantitative estimate of drug-likeness (QED) is 0.776. The molecule has 0 saturated heterocycles. The molecular formula is C15H14N4OS2. The van der Waals surface area contributed by atoms with E-state index in [9.17, 15) is 4.79 Å². The number of aromatic amines is 1. The van der Waals surface area contributed by atoms with E-state index < -0.39 is 0 Å². The number of aryl methyl sites for hydroxylation is 1. The highest BCUT2D eigenvalue weighted by Crippen LogP contribution is 2.28. The van der Waals surface area contributed by atoms with E-state index in [-0.39, 0.29) is 11.9 Å². The van der Waals surface area contributed by atoms with Crippen molar-refractivity contribution in [1.29, 1.82) is 0 Å². The fourth-order valence-corrected chi connectivity index (χ4v) is 4.30. The Morgan fingerprint density at radius 1 is 1.41 bits per heavy atom. The van der Waals surface area contributed by atoms with Crippen LogP contribution in [0.4, 0.5) is 0 Å². The second-order valence-electron chi connectivity index (χ2n) is 5.30. The summed E-state index contributed by atoms with van der Waals surface area (Å²) >= 11 is 3.15. The van der Waals surface area contributed by atoms with Crippen LogP contribution in [0.15, 0.2) is 29.1 Å². The Balaban J connectivity index is 1.45. The Hall–Kier alpha value is -1.99. The van der Waals surface area contributed by atoms with E-state index in [1.807, 2.05) is 29.1 Å². The number of thiazole rings is 1. The summed E-state index contributed by atoms with van der Waals surface area (Å²) in [4.78, 5) is 17.9. The van der Waals surface area contributed by atoms with Gasteiger partial charge in [-0.3, -0.25) is 9.89 Å². The van der Waals surface area contributed by atoms with Gasteiger partial charge < -0.3 is 5.32 Å². The topological polar surface area (TPSA) is 70.7 Å². The zero-order valence-corrected chi connectivity index (χ0v) is 13.3. The first-order valence-corrected chi connectivity index (χ1v) is 8.87. The van der Waals surface area contributed by atoms with Crippen molar-refractivity contribution in [1.82, 2.24) is 20.5 Å². The van der Waals surface area contributed by atoms with Crippen LogP contribution >= 0.6 is 22.7 Å². The Bertz CT molecular complexity index is 790. The predicted molar refractivity (Wildman–Crippen MR) is 87.3 cm³/mol. The molecule has 0 bridgehead atoms. The van der Waals surface area contributed by atoms with Crippen LogP contribution in [0.5, 0.6) is 0 Å². The van der Waals surface area contributed by atoms with Gasteiger partial charge in [0.05, 0.1) is 11.1 Å². The van der Waals surface area contributed by atoms with Crippen LogP contribution in [0.2, 0.25) is 0 Å². The maximum Gasteiger partial charge on any atom is 0.271 e. The number of aromatic nitrogens is 3. The maximum atomic E-state index is 12.4. The molecule has 3 aromatic heterocycles. The lowest BCUT2D eigenvalue weighted by Gasteiger charge is -2.22. The van der Waals surface area contributed by atoms with Gasteiger partial charge >= 0.3 is 0 Å². The highest BCUT2D eigenvalue weighted by Gasteiger charge is 2.23. The SMILES string of the molecule is O=C(NC1CCc2[nH]ncc2C1)c1csc(-c2cccs2)n1. The number of hydrogen-bond donors (Lipinski definition) is 2. The molecule has 0 saturated carbocycles. The number of thiophene rings is 1. The van der Waals surface area contributed by atoms with Crippen LogP contribution in [0.3, 0.4) is 0 Å². The Kier molecular flexibility index (Phi) is 3.51. The van der Waals surface area contributed by atoms with Crippen molar-refractivity contribution in [2.45, 2.75) is 25.3 Å². The zero-order valence-electron chi connectivity index (χ0n) is 11.7. The van der Waals surface area contributed by atoms with Crippen LogP contribution in [0.1, 0.15) is 28.2 Å². The molecule has 1 atom stereocenters. The largest absolute Gasteiger partial charge is 0.348 e. The molecule has 0 radical (unpaired) electrons. The van der Waals surface area contributed by atoms with Crippen molar-refractivity contribution in [3.8, 4) is 9.88 Å². The van der Waals surface area contributed by atoms with Gasteiger partial charge in [-0.05, 0) is 36.3 Å². The normalized spacial score (nSPS) is 17.2. The fourth-order valence-electron chi connectivity index (χ4n) is 2.69. The van der Waals surface area contributed by atoms with E-state index in [1.165, 1.54) is 22.6 Å². The Labute approximate surface area is 135 Å². The molecule has 5 nitrogen and oxygen atoms in total. The first-order valence-electron chi connectivity index (χ1n) is 7.11. The van der Waals surface area contributed by atoms with Gasteiger partial charge in [0.2, 0.25) is 0 Å². The molecule has 0 fully saturated rings. The van der Waals surface area contributed by atoms with Gasteiger partial charge in [0.25, 0.3) is 5.91 Å². The number of fused-ring (bicyclic) bond motifs is 1. The lowest BCUT2D eigenvalue weighted by Crippen LogP contribution is -2.38. The van der Waals surface area contributed by atoms with E-state index in [0.717, 1.165) is 29.1 Å². The summed E-state index contributed by atoms with van der Waals surface area (Å²) in [7, 11) is 0. The molecule has 2 N–H and O–H groups in total. The van der Waals surface area contributed by atoms with E-state index in [1.54, 1.807) is 11.3 Å². The van der Waals surface area contributed by atoms with E-state index in [2.05, 4.69) is 20.5 Å². The molecule has 1 aliphatic carbocycles. The summed E-state index contributed by atoms with van der Waals surface area (Å²) in [5.74, 6) is -0.0870. The lowest BCUT2D eigenvalue weighted by atomic mass is 9.93. The second-order valence-corrected chi connectivity index (χ2v) is 7.11. The summed E-state index contributed by atoms with van der Waals surface area (Å²) in [6.45, 7) is 0. The van der Waals surface area contributed by atoms with Crippen LogP contribution in [0.25, 0.3) is 9.88 Å². The van der Waals surface area contributed by atoms with Gasteiger partial charge in [0.1, 0.15) is 10.7 Å². The average Bonchev–Trinajstić information content (AvgIpc) is 3.26. The molecular weight excluding hydrogens is 316 g/mol. The lowest BCUT2D eigenvalue weighted by molar-refractivity contribution is 0.0929. The number of amides is 1. The van der Waals surface area contributed by atoms with Gasteiger partial charge in [-0.1, -0.05) is 6.07 Å². The average molecular weight is 330 g/mol. The van der Waals surface area contributed by atoms with Gasteiger partial charge in [-0.25, -0.2) is 4.98 Å². The van der Waals surface area contributed by atoms with Crippen molar-refractivity contribution < 1.29 is 4.79 Å². The number of nitrogens with one attached hydrogen (secondary N) is 2. The van der Waals surface area contributed by atoms with Gasteiger partial charge in [-0.15, -0.1) is 22.7 Å². The molecule has 3 aromatic rings. The van der Waals surface area contributed by atoms with Crippen molar-refractivity contribution >= 4 is 28.6 Å². The number of rotatable bonds is 3. The first kappa shape index (κ1) is 13.7. The van der Waals surface area contributed by atoms with Crippen molar-refractivity contribution in [2.75, 3.05) is 0 Å². The molecule has 112 valence electrons. The summed E-state index contributed by atoms with van der Waals surface area (Å²) in [6, 6.07) is 4.17. The number of nitrogens with zero attached hydrogens (tertiary/aromatic N) is 2. The zero-order chi connectivity index (χ0) is 14.9. The van der Waals surface area contributed by atoms with Gasteiger partial charge in [0, 0.05) is 17.1 Å². The smallest absolute Gasteiger partial charge is 0.271 e. The molecule has 1 unspecified atom stereocenters. The number of hydrogen-bond acceptors (Lipinski definition) is 5. The summed E-state index contributed by atoms with van der Waals surface area (Å²) in [5, 5.41) is 14.9. The van der Waals surface area contributed by atoms with E-state index in [4.69, 9.17) is 0 Å². The van der Waals surface area contributed by atoms with Gasteiger partial charge in [-0.2, -0.15) is 5.10 Å². The third-order valence-corrected chi connectivity index (χ3v) is 5.70. The monoisotopic (exact) mass is 330 g/mol. The second kappa shape index (κ2) is 5.66. The maximum absolute atomic E-state index is 12.4. The molecule has 0 aromatic carbocycles. The fraction of sp³-hybridized carbons (Fsp3) is 0.267. The number of carbonyl (C=O) groups excluding carboxylic acids is 1. The van der Waals surface area contributed by atoms with Crippen molar-refractivity contribution in [2.24, 2.45) is 0 Å². The molecule has 0 aliphatic heterocycles. The molecule has 1 aliphatic rings. The van der Waals surface area contributed by atoms with Crippen LogP contribution < -0.4 is 5.32 Å². The highest BCUT2D eigenvalue weighted by atomic mass is 32.1. The minimum absolute atomic E-state index is 0.0870. The number of carbonyl (C=O) groups is 1. The highest BCUT2D eigenvalue weighted by molar-refractivity contribution is 7.20. The summed E-state index contributed by atoms with van der Waals surface area (Å²) in [5.41, 5.74) is 2.90. The van der Waals surface area contributed by atoms with Crippen LogP contribution in [-0.4, -0.2) is 27.1 Å². The third kappa shape index (κ3) is 2.57. The first-order chi connectivity index (χ1) is 10.8. The predicted octanol–water partition coefficient (Wildman–Crippen LogP) is 2.88. The van der Waals surface area contributed by atoms with Crippen molar-refractivity contribution in [3.63, 3.8) is 0 Å². The Morgan fingerprint density at radius 3 is 3.23 bits per heavy atom. The Morgan fingerprint density at radius 2 is 2.36 bits per heavy atom. The number of H-pyrrole nitrogens is 1. The van der Waals surface area contributed by atoms with Crippen molar-refractivity contribution in [3.05, 3.63) is 46.0 Å². The molecule has 7 heteroatoms. The van der Waals surface area contributed by atoms with E-state index in [0.29, 0.717) is 5.69 Å². The standard InChI is InChI=1S/C15H14N4OS2/c20-14(12-8-22-15(18-12)13-2-1-5-21-13)17-10-3-4-11-9(6-10)7-16-19-11/h1-2,5,7-8,10H,3-4,6H2,(H,16,19)(H,17,20). The summed E-state index contributed by atoms with van der Waals surface area (Å²) in [6.07, 6.45) is 4.55. The molecule has 0 spiro atoms. The molecule has 22 heavy (non-hydrogen) atoms. The third-order valence-electron chi connectivity index (χ3n) is 3.82. The molecule has 4 rings (SSSR count). The van der Waals surface area contributed by atoms with E-state index >= 15 is 0 Å². The molecule has 1 amide bonds. The van der Waals surface area contributed by atoms with Crippen LogP contribution in [-0.2, 0) is 12.8 Å². The summed E-state index contributed by atoms with van der Waals surface area (Å²) < 4.78 is 0.